The van der Waals surface area contributed by atoms with Crippen LogP contribution < -0.4 is 5.32 Å². The first-order valence-electron chi connectivity index (χ1n) is 4.87. The van der Waals surface area contributed by atoms with E-state index in [9.17, 15) is 14.9 Å². The van der Waals surface area contributed by atoms with Gasteiger partial charge in [0.1, 0.15) is 0 Å². The minimum Gasteiger partial charge on any atom is -0.349 e. The Morgan fingerprint density at radius 1 is 1.38 bits per heavy atom. The summed E-state index contributed by atoms with van der Waals surface area (Å²) in [6.07, 6.45) is 4.24. The first kappa shape index (κ1) is 10.4. The first-order chi connectivity index (χ1) is 7.65. The second kappa shape index (κ2) is 4.14. The molecule has 0 aliphatic carbocycles. The fraction of sp³-hybridized carbons (Fsp3) is 0.182. The van der Waals surface area contributed by atoms with Crippen LogP contribution >= 0.6 is 0 Å². The van der Waals surface area contributed by atoms with Gasteiger partial charge < -0.3 is 5.32 Å². The van der Waals surface area contributed by atoms with Crippen LogP contribution in [0.2, 0.25) is 0 Å². The second-order valence-electron chi connectivity index (χ2n) is 3.59. The van der Waals surface area contributed by atoms with Crippen molar-refractivity contribution in [2.24, 2.45) is 0 Å². The fourth-order valence-electron chi connectivity index (χ4n) is 1.44. The molecule has 5 heteroatoms. The van der Waals surface area contributed by atoms with Gasteiger partial charge in [-0.25, -0.2) is 0 Å². The molecule has 1 atom stereocenters. The average molecular weight is 218 g/mol. The normalized spacial score (nSPS) is 19.2. The molecular weight excluding hydrogens is 208 g/mol. The van der Waals surface area contributed by atoms with Crippen LogP contribution in [0.3, 0.4) is 0 Å². The Hall–Kier alpha value is -2.17. The molecule has 1 N–H and O–H groups in total. The quantitative estimate of drug-likeness (QED) is 0.474. The van der Waals surface area contributed by atoms with E-state index in [4.69, 9.17) is 0 Å². The lowest BCUT2D eigenvalue weighted by molar-refractivity contribution is -0.384. The van der Waals surface area contributed by atoms with Crippen molar-refractivity contribution in [3.8, 4) is 0 Å². The number of nitro benzene ring substituents is 1. The maximum atomic E-state index is 10.6. The summed E-state index contributed by atoms with van der Waals surface area (Å²) in [7, 11) is 0. The molecular formula is C11H10N2O3. The van der Waals surface area contributed by atoms with E-state index in [1.54, 1.807) is 12.1 Å². The number of nitro groups is 1. The molecule has 0 saturated carbocycles. The summed E-state index contributed by atoms with van der Waals surface area (Å²) in [5, 5.41) is 13.1. The molecule has 1 amide bonds. The van der Waals surface area contributed by atoms with Crippen molar-refractivity contribution in [3.63, 3.8) is 0 Å². The lowest BCUT2D eigenvalue weighted by atomic mass is 10.0. The first-order valence-corrected chi connectivity index (χ1v) is 4.87. The monoisotopic (exact) mass is 218 g/mol. The van der Waals surface area contributed by atoms with Gasteiger partial charge in [-0.2, -0.15) is 0 Å². The zero-order valence-electron chi connectivity index (χ0n) is 8.42. The van der Waals surface area contributed by atoms with Gasteiger partial charge in [0.15, 0.2) is 0 Å². The highest BCUT2D eigenvalue weighted by atomic mass is 16.6. The van der Waals surface area contributed by atoms with Crippen LogP contribution in [0.4, 0.5) is 5.69 Å². The number of hydrogen-bond donors (Lipinski definition) is 1. The van der Waals surface area contributed by atoms with E-state index in [0.29, 0.717) is 6.42 Å². The fourth-order valence-corrected chi connectivity index (χ4v) is 1.44. The van der Waals surface area contributed by atoms with Gasteiger partial charge in [-0.1, -0.05) is 12.2 Å². The van der Waals surface area contributed by atoms with E-state index >= 15 is 0 Å². The Balaban J connectivity index is 1.99. The number of β-lactam (4-membered cyclic amide) rings is 1. The number of benzene rings is 1. The van der Waals surface area contributed by atoms with Crippen molar-refractivity contribution >= 4 is 17.7 Å². The number of hydrogen-bond acceptors (Lipinski definition) is 3. The number of non-ortho nitro benzene ring substituents is 1. The zero-order valence-corrected chi connectivity index (χ0v) is 8.42. The molecule has 1 aliphatic rings. The largest absolute Gasteiger partial charge is 0.349 e. The third kappa shape index (κ3) is 2.25. The van der Waals surface area contributed by atoms with E-state index in [1.807, 2.05) is 12.2 Å². The molecule has 1 fully saturated rings. The van der Waals surface area contributed by atoms with E-state index < -0.39 is 4.92 Å². The number of rotatable bonds is 3. The van der Waals surface area contributed by atoms with Crippen LogP contribution in [-0.4, -0.2) is 16.9 Å². The maximum absolute atomic E-state index is 10.6. The topological polar surface area (TPSA) is 72.2 Å². The second-order valence-corrected chi connectivity index (χ2v) is 3.59. The molecule has 1 aromatic carbocycles. The minimum atomic E-state index is -0.431. The summed E-state index contributed by atoms with van der Waals surface area (Å²) in [5.74, 6) is 0.0540. The van der Waals surface area contributed by atoms with Crippen LogP contribution in [-0.2, 0) is 4.79 Å². The Kier molecular flexibility index (Phi) is 2.68. The summed E-state index contributed by atoms with van der Waals surface area (Å²) in [6.45, 7) is 0. The predicted octanol–water partition coefficient (Wildman–Crippen LogP) is 1.50. The van der Waals surface area contributed by atoms with Crippen LogP contribution in [0, 0.1) is 10.1 Å². The number of carbonyl (C=O) groups excluding carboxylic acids is 1. The third-order valence-corrected chi connectivity index (χ3v) is 2.38. The van der Waals surface area contributed by atoms with E-state index in [1.165, 1.54) is 12.1 Å². The summed E-state index contributed by atoms with van der Waals surface area (Å²) in [4.78, 5) is 20.6. The molecule has 16 heavy (non-hydrogen) atoms. The van der Waals surface area contributed by atoms with Gasteiger partial charge in [0.2, 0.25) is 5.91 Å². The van der Waals surface area contributed by atoms with Gasteiger partial charge in [-0.05, 0) is 17.7 Å². The van der Waals surface area contributed by atoms with Crippen molar-refractivity contribution in [1.29, 1.82) is 0 Å². The number of carbonyl (C=O) groups is 1. The number of nitrogens with zero attached hydrogens (tertiary/aromatic N) is 1. The molecule has 0 radical (unpaired) electrons. The van der Waals surface area contributed by atoms with Gasteiger partial charge in [-0.15, -0.1) is 0 Å². The van der Waals surface area contributed by atoms with Gasteiger partial charge in [-0.3, -0.25) is 14.9 Å². The zero-order chi connectivity index (χ0) is 11.5. The van der Waals surface area contributed by atoms with Gasteiger partial charge in [0, 0.05) is 12.1 Å². The number of nitrogens with one attached hydrogen (secondary N) is 1. The Morgan fingerprint density at radius 2 is 2.00 bits per heavy atom. The minimum absolute atomic E-state index is 0.0540. The van der Waals surface area contributed by atoms with Crippen LogP contribution in [0.15, 0.2) is 30.3 Å². The van der Waals surface area contributed by atoms with E-state index in [2.05, 4.69) is 5.32 Å². The van der Waals surface area contributed by atoms with E-state index in [0.717, 1.165) is 5.56 Å². The highest BCUT2D eigenvalue weighted by molar-refractivity contribution is 5.84. The van der Waals surface area contributed by atoms with E-state index in [-0.39, 0.29) is 17.6 Å². The summed E-state index contributed by atoms with van der Waals surface area (Å²) in [5.41, 5.74) is 0.959. The summed E-state index contributed by atoms with van der Waals surface area (Å²) in [6, 6.07) is 6.37. The SMILES string of the molecule is O=C1CC(/C=C/c2ccc([N+](=O)[O-])cc2)N1. The number of amides is 1. The molecule has 1 aliphatic heterocycles. The van der Waals surface area contributed by atoms with Crippen molar-refractivity contribution < 1.29 is 9.72 Å². The van der Waals surface area contributed by atoms with Crippen molar-refractivity contribution in [2.45, 2.75) is 12.5 Å². The molecule has 1 saturated heterocycles. The maximum Gasteiger partial charge on any atom is 0.269 e. The molecule has 82 valence electrons. The lowest BCUT2D eigenvalue weighted by Gasteiger charge is -2.23. The van der Waals surface area contributed by atoms with Crippen LogP contribution in [0.5, 0.6) is 0 Å². The highest BCUT2D eigenvalue weighted by Crippen LogP contribution is 2.14. The Bertz CT molecular complexity index is 443. The predicted molar refractivity (Wildman–Crippen MR) is 58.7 cm³/mol. The smallest absolute Gasteiger partial charge is 0.269 e. The molecule has 1 unspecified atom stereocenters. The molecule has 1 heterocycles. The van der Waals surface area contributed by atoms with Crippen LogP contribution in [0.1, 0.15) is 12.0 Å². The van der Waals surface area contributed by atoms with Gasteiger partial charge in [0.25, 0.3) is 5.69 Å². The lowest BCUT2D eigenvalue weighted by Crippen LogP contribution is -2.46. The molecule has 1 aromatic rings. The van der Waals surface area contributed by atoms with Gasteiger partial charge in [0.05, 0.1) is 17.4 Å². The molecule has 2 rings (SSSR count). The van der Waals surface area contributed by atoms with Crippen molar-refractivity contribution in [3.05, 3.63) is 46.0 Å². The standard InChI is InChI=1S/C11H10N2O3/c14-11-7-9(12-11)4-1-8-2-5-10(6-3-8)13(15)16/h1-6,9H,7H2,(H,12,14)/b4-1+. The summed E-state index contributed by atoms with van der Waals surface area (Å²) < 4.78 is 0. The average Bonchev–Trinajstić information content (AvgIpc) is 2.23. The molecule has 0 aromatic heterocycles. The Labute approximate surface area is 91.9 Å². The van der Waals surface area contributed by atoms with Gasteiger partial charge >= 0.3 is 0 Å². The highest BCUT2D eigenvalue weighted by Gasteiger charge is 2.21. The molecule has 5 nitrogen and oxygen atoms in total. The van der Waals surface area contributed by atoms with Crippen molar-refractivity contribution in [1.82, 2.24) is 5.32 Å². The van der Waals surface area contributed by atoms with Crippen LogP contribution in [0.25, 0.3) is 6.08 Å². The van der Waals surface area contributed by atoms with Crippen molar-refractivity contribution in [2.75, 3.05) is 0 Å². The summed E-state index contributed by atoms with van der Waals surface area (Å²) >= 11 is 0. The molecule has 0 spiro atoms. The molecule has 0 bridgehead atoms. The Morgan fingerprint density at radius 3 is 2.50 bits per heavy atom. The third-order valence-electron chi connectivity index (χ3n) is 2.38.